The van der Waals surface area contributed by atoms with Crippen molar-refractivity contribution >= 4 is 5.97 Å². The second-order valence-electron chi connectivity index (χ2n) is 7.84. The van der Waals surface area contributed by atoms with E-state index in [4.69, 9.17) is 5.11 Å². The third kappa shape index (κ3) is 4.47. The van der Waals surface area contributed by atoms with Crippen molar-refractivity contribution in [3.8, 4) is 0 Å². The monoisotopic (exact) mass is 281 g/mol. The minimum atomic E-state index is -0.656. The van der Waals surface area contributed by atoms with Gasteiger partial charge in [-0.15, -0.1) is 0 Å². The Morgan fingerprint density at radius 3 is 2.20 bits per heavy atom. The van der Waals surface area contributed by atoms with Crippen LogP contribution in [0.4, 0.5) is 0 Å². The number of carbonyl (C=O) groups is 1. The van der Waals surface area contributed by atoms with Crippen molar-refractivity contribution in [3.63, 3.8) is 0 Å². The van der Waals surface area contributed by atoms with E-state index >= 15 is 0 Å². The fourth-order valence-corrected chi connectivity index (χ4v) is 3.77. The molecule has 2 unspecified atom stereocenters. The lowest BCUT2D eigenvalue weighted by Gasteiger charge is -2.32. The van der Waals surface area contributed by atoms with E-state index in [-0.39, 0.29) is 0 Å². The number of carboxylic acid groups (broad SMARTS) is 1. The summed E-state index contributed by atoms with van der Waals surface area (Å²) in [5.74, 6) is 0.171. The van der Waals surface area contributed by atoms with Crippen molar-refractivity contribution in [1.29, 1.82) is 0 Å². The molecule has 3 nitrogen and oxygen atoms in total. The van der Waals surface area contributed by atoms with Gasteiger partial charge in [0, 0.05) is 18.6 Å². The number of rotatable bonds is 5. The summed E-state index contributed by atoms with van der Waals surface area (Å²) in [6, 6.07) is 1.32. The molecular formula is C17H31NO2. The molecule has 2 atom stereocenters. The van der Waals surface area contributed by atoms with E-state index in [0.29, 0.717) is 23.9 Å². The first-order valence-corrected chi connectivity index (χ1v) is 8.35. The van der Waals surface area contributed by atoms with Crippen LogP contribution >= 0.6 is 0 Å². The quantitative estimate of drug-likeness (QED) is 0.776. The van der Waals surface area contributed by atoms with Gasteiger partial charge < -0.3 is 5.11 Å². The minimum absolute atomic E-state index is 0.301. The molecule has 0 amide bonds. The fourth-order valence-electron chi connectivity index (χ4n) is 3.77. The zero-order valence-corrected chi connectivity index (χ0v) is 13.4. The van der Waals surface area contributed by atoms with Crippen molar-refractivity contribution in [1.82, 2.24) is 4.90 Å². The standard InChI is InChI=1S/C17H31NO2/c1-17(2,3)13-5-4-6-14(8-7-13)18(15-9-10-15)12-11-16(19)20/h13-15H,4-12H2,1-3H3,(H,19,20). The Hall–Kier alpha value is -0.570. The van der Waals surface area contributed by atoms with Crippen LogP contribution in [0.1, 0.15) is 72.1 Å². The molecule has 3 heteroatoms. The van der Waals surface area contributed by atoms with Gasteiger partial charge in [-0.25, -0.2) is 0 Å². The molecule has 2 saturated carbocycles. The average Bonchev–Trinajstić information content (AvgIpc) is 3.13. The highest BCUT2D eigenvalue weighted by molar-refractivity contribution is 5.66. The third-order valence-corrected chi connectivity index (χ3v) is 5.23. The zero-order chi connectivity index (χ0) is 14.8. The predicted octanol–water partition coefficient (Wildman–Crippen LogP) is 3.92. The Kier molecular flexibility index (Phi) is 5.11. The summed E-state index contributed by atoms with van der Waals surface area (Å²) in [6.45, 7) is 7.84. The first-order valence-electron chi connectivity index (χ1n) is 8.35. The van der Waals surface area contributed by atoms with Crippen molar-refractivity contribution in [3.05, 3.63) is 0 Å². The molecule has 116 valence electrons. The highest BCUT2D eigenvalue weighted by Gasteiger charge is 2.36. The SMILES string of the molecule is CC(C)(C)C1CCCC(N(CCC(=O)O)C2CC2)CC1. The van der Waals surface area contributed by atoms with Crippen molar-refractivity contribution in [2.45, 2.75) is 84.2 Å². The van der Waals surface area contributed by atoms with Gasteiger partial charge in [0.2, 0.25) is 0 Å². The molecular weight excluding hydrogens is 250 g/mol. The van der Waals surface area contributed by atoms with E-state index in [2.05, 4.69) is 25.7 Å². The zero-order valence-electron chi connectivity index (χ0n) is 13.4. The predicted molar refractivity (Wildman–Crippen MR) is 81.8 cm³/mol. The first-order chi connectivity index (χ1) is 9.38. The van der Waals surface area contributed by atoms with Gasteiger partial charge in [0.15, 0.2) is 0 Å². The van der Waals surface area contributed by atoms with Gasteiger partial charge in [-0.3, -0.25) is 9.69 Å². The Morgan fingerprint density at radius 2 is 1.65 bits per heavy atom. The van der Waals surface area contributed by atoms with Gasteiger partial charge in [-0.05, 0) is 49.9 Å². The summed E-state index contributed by atoms with van der Waals surface area (Å²) in [5.41, 5.74) is 0.417. The average molecular weight is 281 g/mol. The van der Waals surface area contributed by atoms with Gasteiger partial charge in [0.05, 0.1) is 6.42 Å². The van der Waals surface area contributed by atoms with Gasteiger partial charge in [0.25, 0.3) is 0 Å². The minimum Gasteiger partial charge on any atom is -0.481 e. The van der Waals surface area contributed by atoms with Crippen LogP contribution in [0.3, 0.4) is 0 Å². The molecule has 20 heavy (non-hydrogen) atoms. The molecule has 0 aromatic heterocycles. The van der Waals surface area contributed by atoms with E-state index in [9.17, 15) is 4.79 Å². The van der Waals surface area contributed by atoms with Crippen LogP contribution in [0.5, 0.6) is 0 Å². The van der Waals surface area contributed by atoms with Crippen LogP contribution in [0.2, 0.25) is 0 Å². The maximum Gasteiger partial charge on any atom is 0.304 e. The molecule has 0 spiro atoms. The first kappa shape index (κ1) is 15.8. The summed E-state index contributed by atoms with van der Waals surface area (Å²) >= 11 is 0. The summed E-state index contributed by atoms with van der Waals surface area (Å²) in [4.78, 5) is 13.4. The van der Waals surface area contributed by atoms with E-state index in [1.807, 2.05) is 0 Å². The molecule has 0 aliphatic heterocycles. The summed E-state index contributed by atoms with van der Waals surface area (Å²) in [6.07, 6.45) is 9.35. The largest absolute Gasteiger partial charge is 0.481 e. The van der Waals surface area contributed by atoms with Gasteiger partial charge in [0.1, 0.15) is 0 Å². The van der Waals surface area contributed by atoms with E-state index in [1.165, 1.54) is 44.9 Å². The normalized spacial score (nSPS) is 28.4. The number of nitrogens with zero attached hydrogens (tertiary/aromatic N) is 1. The van der Waals surface area contributed by atoms with Gasteiger partial charge in [-0.2, -0.15) is 0 Å². The third-order valence-electron chi connectivity index (χ3n) is 5.23. The summed E-state index contributed by atoms with van der Waals surface area (Å²) in [5, 5.41) is 8.94. The van der Waals surface area contributed by atoms with Crippen molar-refractivity contribution < 1.29 is 9.90 Å². The molecule has 2 aliphatic carbocycles. The van der Waals surface area contributed by atoms with Crippen molar-refractivity contribution in [2.24, 2.45) is 11.3 Å². The van der Waals surface area contributed by atoms with E-state index < -0.39 is 5.97 Å². The molecule has 0 heterocycles. The van der Waals surface area contributed by atoms with E-state index in [0.717, 1.165) is 12.5 Å². The van der Waals surface area contributed by atoms with Gasteiger partial charge >= 0.3 is 5.97 Å². The number of hydrogen-bond acceptors (Lipinski definition) is 2. The van der Waals surface area contributed by atoms with Crippen LogP contribution in [0, 0.1) is 11.3 Å². The molecule has 1 N–H and O–H groups in total. The summed E-state index contributed by atoms with van der Waals surface area (Å²) in [7, 11) is 0. The second kappa shape index (κ2) is 6.46. The lowest BCUT2D eigenvalue weighted by Crippen LogP contribution is -2.38. The second-order valence-corrected chi connectivity index (χ2v) is 7.84. The Bertz CT molecular complexity index is 330. The molecule has 2 aliphatic rings. The lowest BCUT2D eigenvalue weighted by molar-refractivity contribution is -0.137. The molecule has 0 aromatic carbocycles. The van der Waals surface area contributed by atoms with Gasteiger partial charge in [-0.1, -0.05) is 27.2 Å². The molecule has 2 fully saturated rings. The highest BCUT2D eigenvalue weighted by Crippen LogP contribution is 2.39. The smallest absolute Gasteiger partial charge is 0.304 e. The highest BCUT2D eigenvalue weighted by atomic mass is 16.4. The number of aliphatic carboxylic acids is 1. The molecule has 2 rings (SSSR count). The fraction of sp³-hybridized carbons (Fsp3) is 0.941. The summed E-state index contributed by atoms with van der Waals surface area (Å²) < 4.78 is 0. The molecule has 0 aromatic rings. The maximum atomic E-state index is 10.9. The maximum absolute atomic E-state index is 10.9. The Morgan fingerprint density at radius 1 is 1.05 bits per heavy atom. The van der Waals surface area contributed by atoms with Crippen LogP contribution < -0.4 is 0 Å². The van der Waals surface area contributed by atoms with Crippen LogP contribution in [-0.2, 0) is 4.79 Å². The van der Waals surface area contributed by atoms with Crippen molar-refractivity contribution in [2.75, 3.05) is 6.54 Å². The molecule has 0 saturated heterocycles. The lowest BCUT2D eigenvalue weighted by atomic mass is 9.76. The topological polar surface area (TPSA) is 40.5 Å². The van der Waals surface area contributed by atoms with Crippen LogP contribution in [0.25, 0.3) is 0 Å². The number of carboxylic acids is 1. The Balaban J connectivity index is 1.91. The number of hydrogen-bond donors (Lipinski definition) is 1. The van der Waals surface area contributed by atoms with Crippen LogP contribution in [-0.4, -0.2) is 34.6 Å². The van der Waals surface area contributed by atoms with E-state index in [1.54, 1.807) is 0 Å². The Labute approximate surface area is 123 Å². The van der Waals surface area contributed by atoms with Crippen LogP contribution in [0.15, 0.2) is 0 Å². The molecule has 0 radical (unpaired) electrons. The molecule has 0 bridgehead atoms.